The quantitative estimate of drug-likeness (QED) is 0.550. The lowest BCUT2D eigenvalue weighted by Gasteiger charge is -2.24. The number of ether oxygens (including phenoxy) is 2. The number of nitrogens with one attached hydrogen (secondary N) is 1. The molecular weight excluding hydrogens is 132 g/mol. The molecule has 0 aromatic heterocycles. The van der Waals surface area contributed by atoms with Gasteiger partial charge in [-0.1, -0.05) is 0 Å². The number of epoxide rings is 1. The van der Waals surface area contributed by atoms with Gasteiger partial charge in [0, 0.05) is 0 Å². The monoisotopic (exact) mass is 142 g/mol. The molecule has 2 aliphatic rings. The molecule has 0 aliphatic carbocycles. The summed E-state index contributed by atoms with van der Waals surface area (Å²) in [5, 5.41) is 3.00. The number of nitrogens with zero attached hydrogens (tertiary/aromatic N) is 1. The first kappa shape index (κ1) is 6.12. The van der Waals surface area contributed by atoms with Gasteiger partial charge in [-0.15, -0.1) is 0 Å². The van der Waals surface area contributed by atoms with Crippen LogP contribution in [-0.2, 0) is 9.47 Å². The van der Waals surface area contributed by atoms with Crippen LogP contribution in [0, 0.1) is 0 Å². The number of aliphatic imine (C=N–C) groups is 1. The van der Waals surface area contributed by atoms with Crippen molar-refractivity contribution in [3.8, 4) is 0 Å². The molecule has 0 bridgehead atoms. The van der Waals surface area contributed by atoms with E-state index >= 15 is 0 Å². The largest absolute Gasteiger partial charge is 0.371 e. The zero-order valence-electron chi connectivity index (χ0n) is 5.83. The Morgan fingerprint density at radius 2 is 2.60 bits per heavy atom. The fraction of sp³-hybridized carbons (Fsp3) is 0.833. The first-order valence-corrected chi connectivity index (χ1v) is 3.39. The molecule has 0 aromatic rings. The van der Waals surface area contributed by atoms with Crippen LogP contribution in [0.4, 0.5) is 0 Å². The maximum atomic E-state index is 5.25. The smallest absolute Gasteiger partial charge is 0.228 e. The van der Waals surface area contributed by atoms with Crippen molar-refractivity contribution in [1.29, 1.82) is 0 Å². The number of rotatable bonds is 3. The maximum Gasteiger partial charge on any atom is 0.228 e. The van der Waals surface area contributed by atoms with Crippen LogP contribution in [0.2, 0.25) is 0 Å². The van der Waals surface area contributed by atoms with E-state index in [1.807, 2.05) is 6.92 Å². The van der Waals surface area contributed by atoms with Gasteiger partial charge in [0.05, 0.1) is 13.2 Å². The third kappa shape index (κ3) is 1.27. The van der Waals surface area contributed by atoms with E-state index in [0.29, 0.717) is 12.7 Å². The highest BCUT2D eigenvalue weighted by Crippen LogP contribution is 2.11. The predicted octanol–water partition coefficient (Wildman–Crippen LogP) is -0.293. The fourth-order valence-electron chi connectivity index (χ4n) is 0.800. The summed E-state index contributed by atoms with van der Waals surface area (Å²) >= 11 is 0. The molecule has 0 radical (unpaired) electrons. The van der Waals surface area contributed by atoms with Gasteiger partial charge in [-0.25, -0.2) is 4.99 Å². The van der Waals surface area contributed by atoms with Crippen LogP contribution in [-0.4, -0.2) is 31.5 Å². The van der Waals surface area contributed by atoms with Crippen LogP contribution in [0.15, 0.2) is 4.99 Å². The van der Waals surface area contributed by atoms with Crippen molar-refractivity contribution in [3.63, 3.8) is 0 Å². The number of hydrogen-bond donors (Lipinski definition) is 1. The van der Waals surface area contributed by atoms with Crippen LogP contribution in [0.25, 0.3) is 0 Å². The van der Waals surface area contributed by atoms with Gasteiger partial charge in [-0.05, 0) is 6.92 Å². The number of amidine groups is 1. The fourth-order valence-corrected chi connectivity index (χ4v) is 0.800. The van der Waals surface area contributed by atoms with Gasteiger partial charge >= 0.3 is 0 Å². The molecule has 4 nitrogen and oxygen atoms in total. The van der Waals surface area contributed by atoms with Gasteiger partial charge in [0.1, 0.15) is 11.9 Å². The summed E-state index contributed by atoms with van der Waals surface area (Å²) < 4.78 is 10.2. The molecule has 1 N–H and O–H groups in total. The van der Waals surface area contributed by atoms with Gasteiger partial charge in [-0.3, -0.25) is 0 Å². The molecule has 2 aliphatic heterocycles. The highest BCUT2D eigenvalue weighted by molar-refractivity contribution is 5.83. The molecule has 2 unspecified atom stereocenters. The second-order valence-electron chi connectivity index (χ2n) is 2.50. The molecule has 2 rings (SSSR count). The van der Waals surface area contributed by atoms with Crippen molar-refractivity contribution in [3.05, 3.63) is 0 Å². The first-order chi connectivity index (χ1) is 4.84. The molecule has 2 heterocycles. The van der Waals surface area contributed by atoms with E-state index in [-0.39, 0.29) is 6.35 Å². The van der Waals surface area contributed by atoms with Gasteiger partial charge in [0.25, 0.3) is 0 Å². The standard InChI is InChI=1S/C6H10N2O2/c1-4-7-6(8-4)10-3-5-2-9-5/h5-6H,2-3H2,1H3,(H,7,8). The summed E-state index contributed by atoms with van der Waals surface area (Å²) in [6.45, 7) is 3.41. The molecular formula is C6H10N2O2. The second-order valence-corrected chi connectivity index (χ2v) is 2.50. The summed E-state index contributed by atoms with van der Waals surface area (Å²) in [5.74, 6) is 0.946. The van der Waals surface area contributed by atoms with Crippen LogP contribution in [0.1, 0.15) is 6.92 Å². The lowest BCUT2D eigenvalue weighted by molar-refractivity contribution is 0.0262. The lowest BCUT2D eigenvalue weighted by atomic mass is 10.5. The second kappa shape index (κ2) is 2.21. The minimum absolute atomic E-state index is 0.107. The van der Waals surface area contributed by atoms with E-state index in [0.717, 1.165) is 12.4 Å². The Hall–Kier alpha value is -0.610. The highest BCUT2D eigenvalue weighted by Gasteiger charge is 2.25. The van der Waals surface area contributed by atoms with Gasteiger partial charge < -0.3 is 14.8 Å². The van der Waals surface area contributed by atoms with Crippen LogP contribution in [0.5, 0.6) is 0 Å². The normalized spacial score (nSPS) is 35.9. The average Bonchev–Trinajstić information content (AvgIpc) is 2.60. The zero-order valence-corrected chi connectivity index (χ0v) is 5.83. The summed E-state index contributed by atoms with van der Waals surface area (Å²) in [6, 6.07) is 0. The minimum atomic E-state index is -0.107. The van der Waals surface area contributed by atoms with Gasteiger partial charge in [-0.2, -0.15) is 0 Å². The van der Waals surface area contributed by atoms with E-state index in [2.05, 4.69) is 10.3 Å². The van der Waals surface area contributed by atoms with E-state index < -0.39 is 0 Å². The Labute approximate surface area is 59.2 Å². The van der Waals surface area contributed by atoms with Gasteiger partial charge in [0.15, 0.2) is 0 Å². The van der Waals surface area contributed by atoms with Crippen molar-refractivity contribution >= 4 is 5.84 Å². The van der Waals surface area contributed by atoms with E-state index in [9.17, 15) is 0 Å². The molecule has 1 fully saturated rings. The zero-order chi connectivity index (χ0) is 6.97. The highest BCUT2D eigenvalue weighted by atomic mass is 16.6. The average molecular weight is 142 g/mol. The van der Waals surface area contributed by atoms with E-state index in [4.69, 9.17) is 9.47 Å². The Bertz CT molecular complexity index is 165. The van der Waals surface area contributed by atoms with Crippen molar-refractivity contribution < 1.29 is 9.47 Å². The van der Waals surface area contributed by atoms with Crippen LogP contribution in [0.3, 0.4) is 0 Å². The molecule has 1 saturated heterocycles. The lowest BCUT2D eigenvalue weighted by Crippen LogP contribution is -2.44. The topological polar surface area (TPSA) is 46.1 Å². The summed E-state index contributed by atoms with van der Waals surface area (Å²) in [7, 11) is 0. The van der Waals surface area contributed by atoms with Gasteiger partial charge in [0.2, 0.25) is 6.35 Å². The molecule has 0 amide bonds. The van der Waals surface area contributed by atoms with Crippen molar-refractivity contribution in [2.75, 3.05) is 13.2 Å². The summed E-state index contributed by atoms with van der Waals surface area (Å²) in [4.78, 5) is 4.05. The predicted molar refractivity (Wildman–Crippen MR) is 35.7 cm³/mol. The molecule has 4 heteroatoms. The third-order valence-corrected chi connectivity index (χ3v) is 1.49. The van der Waals surface area contributed by atoms with Crippen LogP contribution >= 0.6 is 0 Å². The Kier molecular flexibility index (Phi) is 1.35. The Balaban J connectivity index is 1.63. The maximum absolute atomic E-state index is 5.25. The van der Waals surface area contributed by atoms with Crippen LogP contribution < -0.4 is 5.32 Å². The Morgan fingerprint density at radius 3 is 3.10 bits per heavy atom. The number of hydrogen-bond acceptors (Lipinski definition) is 4. The molecule has 56 valence electrons. The van der Waals surface area contributed by atoms with Crippen molar-refractivity contribution in [1.82, 2.24) is 5.32 Å². The van der Waals surface area contributed by atoms with E-state index in [1.54, 1.807) is 0 Å². The Morgan fingerprint density at radius 1 is 1.90 bits per heavy atom. The van der Waals surface area contributed by atoms with E-state index in [1.165, 1.54) is 0 Å². The van der Waals surface area contributed by atoms with Crippen molar-refractivity contribution in [2.24, 2.45) is 4.99 Å². The third-order valence-electron chi connectivity index (χ3n) is 1.49. The first-order valence-electron chi connectivity index (χ1n) is 3.39. The summed E-state index contributed by atoms with van der Waals surface area (Å²) in [6.07, 6.45) is 0.224. The molecule has 0 saturated carbocycles. The SMILES string of the molecule is CC1=NC(OCC2CO2)N1. The van der Waals surface area contributed by atoms with Crippen molar-refractivity contribution in [2.45, 2.75) is 19.4 Å². The summed E-state index contributed by atoms with van der Waals surface area (Å²) in [5.41, 5.74) is 0. The molecule has 0 aromatic carbocycles. The molecule has 10 heavy (non-hydrogen) atoms. The molecule has 2 atom stereocenters. The molecule has 0 spiro atoms. The minimum Gasteiger partial charge on any atom is -0.371 e.